The standard InChI is InChI=1S/C21H28N4O/c1-2-3-4-5-6-7-8-9-14-26-19-12-10-18(11-13-19)17-25-21(16-23)20(24)15-22/h10-13,17H,2-9,14,24H2,1H3. The molecule has 138 valence electrons. The van der Waals surface area contributed by atoms with E-state index in [2.05, 4.69) is 11.9 Å². The molecule has 5 heteroatoms. The lowest BCUT2D eigenvalue weighted by atomic mass is 10.1. The van der Waals surface area contributed by atoms with E-state index in [4.69, 9.17) is 21.0 Å². The molecule has 0 amide bonds. The van der Waals surface area contributed by atoms with Gasteiger partial charge in [-0.2, -0.15) is 10.5 Å². The second-order valence-electron chi connectivity index (χ2n) is 6.14. The Morgan fingerprint density at radius 2 is 1.62 bits per heavy atom. The Morgan fingerprint density at radius 1 is 1.00 bits per heavy atom. The van der Waals surface area contributed by atoms with Gasteiger partial charge in [0.05, 0.1) is 6.61 Å². The molecule has 0 fully saturated rings. The Bertz CT molecular complexity index is 663. The summed E-state index contributed by atoms with van der Waals surface area (Å²) in [6, 6.07) is 11.0. The van der Waals surface area contributed by atoms with E-state index in [1.165, 1.54) is 51.2 Å². The molecule has 0 aliphatic heterocycles. The number of ether oxygens (including phenoxy) is 1. The average molecular weight is 352 g/mol. The molecule has 0 spiro atoms. The van der Waals surface area contributed by atoms with Crippen LogP contribution >= 0.6 is 0 Å². The summed E-state index contributed by atoms with van der Waals surface area (Å²) in [5, 5.41) is 17.6. The van der Waals surface area contributed by atoms with E-state index in [0.29, 0.717) is 0 Å². The van der Waals surface area contributed by atoms with Gasteiger partial charge in [0.1, 0.15) is 23.6 Å². The first-order valence-electron chi connectivity index (χ1n) is 9.28. The van der Waals surface area contributed by atoms with Crippen molar-refractivity contribution in [2.45, 2.75) is 58.3 Å². The largest absolute Gasteiger partial charge is 0.494 e. The second kappa shape index (κ2) is 13.5. The van der Waals surface area contributed by atoms with Crippen LogP contribution in [0.25, 0.3) is 0 Å². The van der Waals surface area contributed by atoms with Crippen LogP contribution in [0.15, 0.2) is 40.7 Å². The molecule has 0 aliphatic carbocycles. The minimum absolute atomic E-state index is 0.0810. The maximum atomic E-state index is 8.89. The minimum atomic E-state index is -0.186. The molecule has 0 heterocycles. The van der Waals surface area contributed by atoms with Gasteiger partial charge in [-0.05, 0) is 36.2 Å². The van der Waals surface area contributed by atoms with E-state index in [9.17, 15) is 0 Å². The van der Waals surface area contributed by atoms with Crippen molar-refractivity contribution in [3.05, 3.63) is 41.2 Å². The normalized spacial score (nSPS) is 11.7. The monoisotopic (exact) mass is 352 g/mol. The molecule has 0 saturated heterocycles. The van der Waals surface area contributed by atoms with Gasteiger partial charge in [-0.1, -0.05) is 51.9 Å². The maximum absolute atomic E-state index is 8.89. The number of unbranched alkanes of at least 4 members (excludes halogenated alkanes) is 7. The van der Waals surface area contributed by atoms with E-state index in [-0.39, 0.29) is 11.4 Å². The molecule has 2 N–H and O–H groups in total. The first-order chi connectivity index (χ1) is 12.7. The molecule has 1 aromatic carbocycles. The first kappa shape index (κ1) is 21.3. The quantitative estimate of drug-likeness (QED) is 0.331. The van der Waals surface area contributed by atoms with Crippen LogP contribution in [0.4, 0.5) is 0 Å². The number of nitrogens with two attached hydrogens (primary N) is 1. The number of nitriles is 2. The fraction of sp³-hybridized carbons (Fsp3) is 0.476. The zero-order valence-electron chi connectivity index (χ0n) is 15.6. The van der Waals surface area contributed by atoms with Gasteiger partial charge in [0.25, 0.3) is 0 Å². The van der Waals surface area contributed by atoms with Gasteiger partial charge in [0.2, 0.25) is 0 Å². The highest BCUT2D eigenvalue weighted by Crippen LogP contribution is 2.13. The summed E-state index contributed by atoms with van der Waals surface area (Å²) in [5.41, 5.74) is 5.94. The highest BCUT2D eigenvalue weighted by atomic mass is 16.5. The smallest absolute Gasteiger partial charge is 0.174 e. The van der Waals surface area contributed by atoms with Crippen LogP contribution in [0.1, 0.15) is 63.9 Å². The van der Waals surface area contributed by atoms with Crippen molar-refractivity contribution in [1.82, 2.24) is 0 Å². The number of hydrogen-bond donors (Lipinski definition) is 1. The zero-order chi connectivity index (χ0) is 19.0. The molecule has 1 rings (SSSR count). The summed E-state index contributed by atoms with van der Waals surface area (Å²) < 4.78 is 5.74. The molecule has 0 radical (unpaired) electrons. The fourth-order valence-corrected chi connectivity index (χ4v) is 2.43. The summed E-state index contributed by atoms with van der Waals surface area (Å²) >= 11 is 0. The predicted molar refractivity (Wildman–Crippen MR) is 105 cm³/mol. The van der Waals surface area contributed by atoms with Crippen molar-refractivity contribution in [2.75, 3.05) is 6.61 Å². The molecule has 0 aliphatic rings. The lowest BCUT2D eigenvalue weighted by Gasteiger charge is -2.06. The van der Waals surface area contributed by atoms with Gasteiger partial charge < -0.3 is 10.5 Å². The Labute approximate surface area is 156 Å². The third kappa shape index (κ3) is 8.89. The molecule has 5 nitrogen and oxygen atoms in total. The molecule has 0 atom stereocenters. The Hall–Kier alpha value is -2.79. The van der Waals surface area contributed by atoms with Gasteiger partial charge in [-0.25, -0.2) is 4.99 Å². The van der Waals surface area contributed by atoms with Gasteiger partial charge in [0, 0.05) is 6.21 Å². The predicted octanol–water partition coefficient (Wildman–Crippen LogP) is 4.84. The number of aliphatic imine (C=N–C) groups is 1. The topological polar surface area (TPSA) is 95.2 Å². The van der Waals surface area contributed by atoms with E-state index in [0.717, 1.165) is 24.3 Å². The summed E-state index contributed by atoms with van der Waals surface area (Å²) in [6.45, 7) is 2.96. The minimum Gasteiger partial charge on any atom is -0.494 e. The van der Waals surface area contributed by atoms with Crippen LogP contribution in [-0.2, 0) is 0 Å². The van der Waals surface area contributed by atoms with Gasteiger partial charge >= 0.3 is 0 Å². The number of hydrogen-bond acceptors (Lipinski definition) is 5. The number of benzene rings is 1. The SMILES string of the molecule is CCCCCCCCCCOc1ccc(C=NC(C#N)=C(N)C#N)cc1. The summed E-state index contributed by atoms with van der Waals surface area (Å²) in [6.07, 6.45) is 11.7. The van der Waals surface area contributed by atoms with Crippen LogP contribution in [0.3, 0.4) is 0 Å². The molecule has 0 saturated carbocycles. The molecule has 0 unspecified atom stereocenters. The summed E-state index contributed by atoms with van der Waals surface area (Å²) in [4.78, 5) is 3.94. The van der Waals surface area contributed by atoms with E-state index < -0.39 is 0 Å². The van der Waals surface area contributed by atoms with Crippen LogP contribution in [0.2, 0.25) is 0 Å². The van der Waals surface area contributed by atoms with Crippen LogP contribution in [-0.4, -0.2) is 12.8 Å². The molecule has 0 aromatic heterocycles. The van der Waals surface area contributed by atoms with Crippen LogP contribution in [0.5, 0.6) is 5.75 Å². The third-order valence-electron chi connectivity index (χ3n) is 3.97. The number of rotatable bonds is 12. The summed E-state index contributed by atoms with van der Waals surface area (Å²) in [7, 11) is 0. The van der Waals surface area contributed by atoms with Gasteiger partial charge in [-0.15, -0.1) is 0 Å². The van der Waals surface area contributed by atoms with Crippen LogP contribution < -0.4 is 10.5 Å². The molecule has 1 aromatic rings. The van der Waals surface area contributed by atoms with E-state index in [1.54, 1.807) is 12.1 Å². The lowest BCUT2D eigenvalue weighted by molar-refractivity contribution is 0.304. The number of nitrogens with zero attached hydrogens (tertiary/aromatic N) is 3. The van der Waals surface area contributed by atoms with Crippen molar-refractivity contribution in [2.24, 2.45) is 10.7 Å². The van der Waals surface area contributed by atoms with Crippen molar-refractivity contribution < 1.29 is 4.74 Å². The fourth-order valence-electron chi connectivity index (χ4n) is 2.43. The molecular formula is C21H28N4O. The Kier molecular flexibility index (Phi) is 11.0. The van der Waals surface area contributed by atoms with E-state index in [1.807, 2.05) is 24.3 Å². The Balaban J connectivity index is 2.29. The first-order valence-corrected chi connectivity index (χ1v) is 9.28. The van der Waals surface area contributed by atoms with Gasteiger partial charge in [0.15, 0.2) is 5.70 Å². The Morgan fingerprint density at radius 3 is 2.19 bits per heavy atom. The van der Waals surface area contributed by atoms with Crippen molar-refractivity contribution in [1.29, 1.82) is 10.5 Å². The average Bonchev–Trinajstić information content (AvgIpc) is 2.68. The van der Waals surface area contributed by atoms with Crippen LogP contribution in [0, 0.1) is 22.7 Å². The highest BCUT2D eigenvalue weighted by Gasteiger charge is 1.99. The molecule has 26 heavy (non-hydrogen) atoms. The molecule has 0 bridgehead atoms. The second-order valence-corrected chi connectivity index (χ2v) is 6.14. The maximum Gasteiger partial charge on any atom is 0.174 e. The molecular weight excluding hydrogens is 324 g/mol. The number of allylic oxidation sites excluding steroid dienone is 2. The highest BCUT2D eigenvalue weighted by molar-refractivity contribution is 5.81. The van der Waals surface area contributed by atoms with Crippen molar-refractivity contribution >= 4 is 6.21 Å². The zero-order valence-corrected chi connectivity index (χ0v) is 15.6. The van der Waals surface area contributed by atoms with Crippen molar-refractivity contribution in [3.8, 4) is 17.9 Å². The lowest BCUT2D eigenvalue weighted by Crippen LogP contribution is -1.98. The van der Waals surface area contributed by atoms with Gasteiger partial charge in [-0.3, -0.25) is 0 Å². The van der Waals surface area contributed by atoms with E-state index >= 15 is 0 Å². The van der Waals surface area contributed by atoms with Crippen molar-refractivity contribution in [3.63, 3.8) is 0 Å². The summed E-state index contributed by atoms with van der Waals surface area (Å²) in [5.74, 6) is 0.817. The third-order valence-corrected chi connectivity index (χ3v) is 3.97.